The smallest absolute Gasteiger partial charge is 0.295 e. The van der Waals surface area contributed by atoms with E-state index in [0.717, 1.165) is 0 Å². The Labute approximate surface area is 346 Å². The molecule has 0 aliphatic rings. The molecule has 2 atom stereocenters. The van der Waals surface area contributed by atoms with E-state index < -0.39 is 40.3 Å². The number of aromatic nitrogens is 6. The van der Waals surface area contributed by atoms with Crippen LogP contribution in [-0.4, -0.2) is 176 Å². The Morgan fingerprint density at radius 1 is 0.567 bits per heavy atom. The highest BCUT2D eigenvalue weighted by Gasteiger charge is 2.22. The Kier molecular flexibility index (Phi) is 19.2. The molecule has 13 N–H and O–H groups in total. The summed E-state index contributed by atoms with van der Waals surface area (Å²) in [5.41, 5.74) is 1.48. The molecule has 0 spiro atoms. The molecule has 0 amide bonds. The predicted molar refractivity (Wildman–Crippen MR) is 220 cm³/mol. The Balaban J connectivity index is 1.61. The molecule has 0 saturated heterocycles. The highest BCUT2D eigenvalue weighted by Crippen LogP contribution is 2.26. The van der Waals surface area contributed by atoms with E-state index >= 15 is 0 Å². The number of benzene rings is 2. The van der Waals surface area contributed by atoms with Gasteiger partial charge in [-0.1, -0.05) is 30.4 Å². The van der Waals surface area contributed by atoms with E-state index in [1.165, 1.54) is 24.3 Å². The van der Waals surface area contributed by atoms with Crippen LogP contribution >= 0.6 is 0 Å². The summed E-state index contributed by atoms with van der Waals surface area (Å²) in [6.45, 7) is -1.63. The molecule has 4 aromatic rings. The number of anilines is 6. The fraction of sp³-hybridized carbons (Fsp3) is 0.444. The molecule has 0 fully saturated rings. The Morgan fingerprint density at radius 2 is 1.03 bits per heavy atom. The molecule has 0 saturated carbocycles. The number of hydrogen-bond acceptors (Lipinski definition) is 22. The maximum absolute atomic E-state index is 12.6. The van der Waals surface area contributed by atoms with E-state index in [2.05, 4.69) is 51.2 Å². The number of nitrogens with one attached hydrogen (secondary N) is 4. The highest BCUT2D eigenvalue weighted by molar-refractivity contribution is 7.86. The Hall–Kier alpha value is -5.09. The molecule has 0 radical (unpaired) electrons. The van der Waals surface area contributed by atoms with Crippen LogP contribution in [0.15, 0.2) is 47.4 Å². The third-order valence-electron chi connectivity index (χ3n) is 8.49. The number of nitrogens with zero attached hydrogens (tertiary/aromatic N) is 8. The van der Waals surface area contributed by atoms with Crippen molar-refractivity contribution in [3.63, 3.8) is 0 Å². The first-order chi connectivity index (χ1) is 29.0. The zero-order valence-electron chi connectivity index (χ0n) is 32.6. The molecular weight excluding hydrogens is 809 g/mol. The molecule has 2 aromatic carbocycles. The summed E-state index contributed by atoms with van der Waals surface area (Å²) in [5.74, 6) is 0.404. The molecule has 24 heteroatoms. The molecule has 0 aliphatic carbocycles. The minimum absolute atomic E-state index is 0.0479. The number of rotatable bonds is 27. The first-order valence-electron chi connectivity index (χ1n) is 18.8. The van der Waals surface area contributed by atoms with Gasteiger partial charge < -0.3 is 71.9 Å². The summed E-state index contributed by atoms with van der Waals surface area (Å²) in [6, 6.07) is 9.31. The van der Waals surface area contributed by atoms with Crippen molar-refractivity contribution in [1.82, 2.24) is 40.5 Å². The SMILES string of the molecule is O=S(=O)(O)c1cc(Nc2nc(C(CO)NCCO)nc(C(CO)NCCO)n2)ccc1C=Cc1ccc(Nc2nc(N(CCO)CCO)nc(N(CCO)CCO)n2)cc1. The summed E-state index contributed by atoms with van der Waals surface area (Å²) < 4.78 is 35.4. The molecule has 328 valence electrons. The molecular formula is C36H52N12O11S. The van der Waals surface area contributed by atoms with Crippen LogP contribution < -0.4 is 31.1 Å². The van der Waals surface area contributed by atoms with Gasteiger partial charge >= 0.3 is 0 Å². The zero-order chi connectivity index (χ0) is 43.5. The molecule has 2 aromatic heterocycles. The molecule has 0 aliphatic heterocycles. The summed E-state index contributed by atoms with van der Waals surface area (Å²) in [4.78, 5) is 29.1. The van der Waals surface area contributed by atoms with Crippen molar-refractivity contribution < 1.29 is 53.8 Å². The monoisotopic (exact) mass is 860 g/mol. The van der Waals surface area contributed by atoms with E-state index in [1.54, 1.807) is 40.1 Å². The minimum Gasteiger partial charge on any atom is -0.395 e. The lowest BCUT2D eigenvalue weighted by Crippen LogP contribution is -2.34. The van der Waals surface area contributed by atoms with Crippen molar-refractivity contribution in [2.75, 3.05) is 113 Å². The van der Waals surface area contributed by atoms with Crippen LogP contribution in [-0.2, 0) is 10.1 Å². The van der Waals surface area contributed by atoms with Crippen LogP contribution in [0.3, 0.4) is 0 Å². The summed E-state index contributed by atoms with van der Waals surface area (Å²) >= 11 is 0. The number of aliphatic hydroxyl groups is 8. The largest absolute Gasteiger partial charge is 0.395 e. The molecule has 0 bridgehead atoms. The van der Waals surface area contributed by atoms with Crippen LogP contribution in [0, 0.1) is 0 Å². The quantitative estimate of drug-likeness (QED) is 0.0223. The maximum atomic E-state index is 12.6. The standard InChI is InChI=1S/C36H52N12O11S/c49-15-9-37-28(22-55)31-41-32(29(23-56)38-10-16-50)43-33(42-31)40-27-8-5-25(30(21-27)60(57,58)59)4-1-24-2-6-26(7-3-24)39-34-44-35(47(11-17-51)12-18-52)46-36(45-34)48(13-19-53)14-20-54/h1-8,21,28-29,37-38,49-56H,9-20,22-23H2,(H,57,58,59)(H,39,44,45,46)(H,40,41,42,43). The first kappa shape index (κ1) is 47.6. The van der Waals surface area contributed by atoms with E-state index in [4.69, 9.17) is 0 Å². The van der Waals surface area contributed by atoms with E-state index in [9.17, 15) is 53.8 Å². The summed E-state index contributed by atoms with van der Waals surface area (Å²) in [5, 5.41) is 88.6. The van der Waals surface area contributed by atoms with Crippen LogP contribution in [0.1, 0.15) is 34.9 Å². The second-order valence-corrected chi connectivity index (χ2v) is 14.2. The van der Waals surface area contributed by atoms with Gasteiger partial charge in [0.2, 0.25) is 23.8 Å². The van der Waals surface area contributed by atoms with Gasteiger partial charge in [0.25, 0.3) is 10.1 Å². The van der Waals surface area contributed by atoms with Gasteiger partial charge in [-0.25, -0.2) is 4.98 Å². The van der Waals surface area contributed by atoms with Gasteiger partial charge in [-0.3, -0.25) is 4.55 Å². The Morgan fingerprint density at radius 3 is 1.48 bits per heavy atom. The second kappa shape index (κ2) is 24.2. The fourth-order valence-electron chi connectivity index (χ4n) is 5.62. The van der Waals surface area contributed by atoms with E-state index in [-0.39, 0.29) is 126 Å². The maximum Gasteiger partial charge on any atom is 0.295 e. The first-order valence-corrected chi connectivity index (χ1v) is 20.2. The number of hydrogen-bond donors (Lipinski definition) is 13. The van der Waals surface area contributed by atoms with Crippen LogP contribution in [0.4, 0.5) is 35.2 Å². The summed E-state index contributed by atoms with van der Waals surface area (Å²) in [7, 11) is -4.77. The molecule has 23 nitrogen and oxygen atoms in total. The highest BCUT2D eigenvalue weighted by atomic mass is 32.2. The van der Waals surface area contributed by atoms with Crippen LogP contribution in [0.25, 0.3) is 12.2 Å². The lowest BCUT2D eigenvalue weighted by atomic mass is 10.1. The Bertz CT molecular complexity index is 1990. The van der Waals surface area contributed by atoms with Crippen molar-refractivity contribution in [1.29, 1.82) is 0 Å². The zero-order valence-corrected chi connectivity index (χ0v) is 33.4. The van der Waals surface area contributed by atoms with Crippen molar-refractivity contribution >= 4 is 57.4 Å². The second-order valence-electron chi connectivity index (χ2n) is 12.8. The summed E-state index contributed by atoms with van der Waals surface area (Å²) in [6.07, 6.45) is 3.11. The van der Waals surface area contributed by atoms with E-state index in [1.807, 2.05) is 0 Å². The lowest BCUT2D eigenvalue weighted by molar-refractivity contribution is 0.216. The van der Waals surface area contributed by atoms with Gasteiger partial charge in [-0.05, 0) is 35.4 Å². The van der Waals surface area contributed by atoms with Crippen LogP contribution in [0.2, 0.25) is 0 Å². The van der Waals surface area contributed by atoms with Crippen molar-refractivity contribution in [3.05, 3.63) is 65.2 Å². The average molecular weight is 861 g/mol. The molecule has 2 unspecified atom stereocenters. The van der Waals surface area contributed by atoms with E-state index in [0.29, 0.717) is 11.3 Å². The van der Waals surface area contributed by atoms with Gasteiger partial charge in [0.05, 0.1) is 64.9 Å². The van der Waals surface area contributed by atoms with Gasteiger partial charge in [0, 0.05) is 50.6 Å². The van der Waals surface area contributed by atoms with Gasteiger partial charge in [0.15, 0.2) is 11.6 Å². The van der Waals surface area contributed by atoms with Crippen molar-refractivity contribution in [2.24, 2.45) is 0 Å². The molecule has 4 rings (SSSR count). The third-order valence-corrected chi connectivity index (χ3v) is 9.40. The van der Waals surface area contributed by atoms with Crippen molar-refractivity contribution in [3.8, 4) is 0 Å². The van der Waals surface area contributed by atoms with Crippen LogP contribution in [0.5, 0.6) is 0 Å². The molecule has 2 heterocycles. The lowest BCUT2D eigenvalue weighted by Gasteiger charge is -2.25. The van der Waals surface area contributed by atoms with Crippen molar-refractivity contribution in [2.45, 2.75) is 17.0 Å². The third kappa shape index (κ3) is 14.0. The fourth-order valence-corrected chi connectivity index (χ4v) is 6.33. The number of aliphatic hydroxyl groups excluding tert-OH is 8. The van der Waals surface area contributed by atoms with Gasteiger partial charge in [-0.2, -0.15) is 33.3 Å². The normalized spacial score (nSPS) is 12.8. The van der Waals surface area contributed by atoms with Gasteiger partial charge in [0.1, 0.15) is 4.90 Å². The topological polar surface area (TPSA) is 348 Å². The predicted octanol–water partition coefficient (Wildman–Crippen LogP) is -2.23. The minimum atomic E-state index is -4.77. The molecule has 60 heavy (non-hydrogen) atoms. The van der Waals surface area contributed by atoms with Gasteiger partial charge in [-0.15, -0.1) is 0 Å². The average Bonchev–Trinajstić information content (AvgIpc) is 3.23.